The van der Waals surface area contributed by atoms with Crippen molar-refractivity contribution in [2.75, 3.05) is 11.4 Å². The van der Waals surface area contributed by atoms with Gasteiger partial charge < -0.3 is 4.90 Å². The summed E-state index contributed by atoms with van der Waals surface area (Å²) in [4.78, 5) is 14.8. The number of carbonyl (C=O) groups excluding carboxylic acids is 1. The average Bonchev–Trinajstić information content (AvgIpc) is 3.13. The SMILES string of the molecule is Cc1cccc2c1N(C(=O)c1ccc3c(c1)CCC3)CC2. The van der Waals surface area contributed by atoms with Gasteiger partial charge in [0.05, 0.1) is 5.69 Å². The van der Waals surface area contributed by atoms with Crippen LogP contribution in [0.2, 0.25) is 0 Å². The number of rotatable bonds is 1. The summed E-state index contributed by atoms with van der Waals surface area (Å²) < 4.78 is 0. The highest BCUT2D eigenvalue weighted by Gasteiger charge is 2.27. The van der Waals surface area contributed by atoms with Crippen molar-refractivity contribution in [3.05, 3.63) is 64.2 Å². The number of carbonyl (C=O) groups is 1. The quantitative estimate of drug-likeness (QED) is 0.778. The Balaban J connectivity index is 1.71. The summed E-state index contributed by atoms with van der Waals surface area (Å²) in [5.41, 5.74) is 7.24. The van der Waals surface area contributed by atoms with Crippen molar-refractivity contribution in [1.82, 2.24) is 0 Å². The van der Waals surface area contributed by atoms with Gasteiger partial charge in [0.15, 0.2) is 0 Å². The number of anilines is 1. The summed E-state index contributed by atoms with van der Waals surface area (Å²) in [6, 6.07) is 12.6. The van der Waals surface area contributed by atoms with Gasteiger partial charge in [0, 0.05) is 12.1 Å². The third-order valence-electron chi connectivity index (χ3n) is 4.79. The average molecular weight is 277 g/mol. The molecule has 1 heterocycles. The van der Waals surface area contributed by atoms with Gasteiger partial charge in [-0.25, -0.2) is 0 Å². The number of aryl methyl sites for hydroxylation is 3. The molecule has 0 fully saturated rings. The zero-order chi connectivity index (χ0) is 14.4. The molecule has 0 atom stereocenters. The van der Waals surface area contributed by atoms with E-state index in [2.05, 4.69) is 37.3 Å². The van der Waals surface area contributed by atoms with Crippen molar-refractivity contribution in [3.63, 3.8) is 0 Å². The number of para-hydroxylation sites is 1. The topological polar surface area (TPSA) is 20.3 Å². The number of hydrogen-bond donors (Lipinski definition) is 0. The highest BCUT2D eigenvalue weighted by atomic mass is 16.2. The Labute approximate surface area is 125 Å². The van der Waals surface area contributed by atoms with E-state index in [1.165, 1.54) is 28.7 Å². The molecule has 0 radical (unpaired) electrons. The molecule has 0 bridgehead atoms. The fraction of sp³-hybridized carbons (Fsp3) is 0.316. The van der Waals surface area contributed by atoms with Crippen LogP contribution in [-0.2, 0) is 19.3 Å². The van der Waals surface area contributed by atoms with Crippen LogP contribution in [0.1, 0.15) is 39.0 Å². The third kappa shape index (κ3) is 1.98. The maximum atomic E-state index is 12.9. The number of hydrogen-bond acceptors (Lipinski definition) is 1. The summed E-state index contributed by atoms with van der Waals surface area (Å²) in [7, 11) is 0. The lowest BCUT2D eigenvalue weighted by Gasteiger charge is -2.19. The van der Waals surface area contributed by atoms with Gasteiger partial charge in [0.2, 0.25) is 0 Å². The highest BCUT2D eigenvalue weighted by molar-refractivity contribution is 6.07. The van der Waals surface area contributed by atoms with E-state index >= 15 is 0 Å². The predicted octanol–water partition coefficient (Wildman–Crippen LogP) is 3.69. The molecule has 106 valence electrons. The van der Waals surface area contributed by atoms with E-state index in [1.54, 1.807) is 0 Å². The Hall–Kier alpha value is -2.09. The molecule has 0 saturated carbocycles. The van der Waals surface area contributed by atoms with Crippen molar-refractivity contribution >= 4 is 11.6 Å². The van der Waals surface area contributed by atoms with Crippen LogP contribution in [0.4, 0.5) is 5.69 Å². The Bertz CT molecular complexity index is 732. The molecule has 0 spiro atoms. The Morgan fingerprint density at radius 3 is 2.76 bits per heavy atom. The second kappa shape index (κ2) is 4.73. The first-order chi connectivity index (χ1) is 10.2. The first-order valence-electron chi connectivity index (χ1n) is 7.76. The van der Waals surface area contributed by atoms with Gasteiger partial charge >= 0.3 is 0 Å². The lowest BCUT2D eigenvalue weighted by atomic mass is 10.0. The standard InChI is InChI=1S/C19H19NO/c1-13-4-2-6-15-10-11-20(18(13)15)19(21)17-9-8-14-5-3-7-16(14)12-17/h2,4,6,8-9,12H,3,5,7,10-11H2,1H3. The maximum absolute atomic E-state index is 12.9. The first kappa shape index (κ1) is 12.6. The smallest absolute Gasteiger partial charge is 0.258 e. The molecule has 2 heteroatoms. The molecule has 1 aliphatic heterocycles. The van der Waals surface area contributed by atoms with E-state index in [-0.39, 0.29) is 5.91 Å². The van der Waals surface area contributed by atoms with Gasteiger partial charge in [-0.1, -0.05) is 24.3 Å². The Kier molecular flexibility index (Phi) is 2.85. The van der Waals surface area contributed by atoms with Gasteiger partial charge in [-0.3, -0.25) is 4.79 Å². The fourth-order valence-corrected chi connectivity index (χ4v) is 3.72. The van der Waals surface area contributed by atoms with Gasteiger partial charge in [-0.05, 0) is 67.0 Å². The summed E-state index contributed by atoms with van der Waals surface area (Å²) in [6.07, 6.45) is 4.47. The number of amides is 1. The van der Waals surface area contributed by atoms with Crippen LogP contribution in [-0.4, -0.2) is 12.5 Å². The van der Waals surface area contributed by atoms with E-state index in [4.69, 9.17) is 0 Å². The van der Waals surface area contributed by atoms with Gasteiger partial charge in [-0.2, -0.15) is 0 Å². The van der Waals surface area contributed by atoms with E-state index in [1.807, 2.05) is 11.0 Å². The van der Waals surface area contributed by atoms with Crippen molar-refractivity contribution in [1.29, 1.82) is 0 Å². The Morgan fingerprint density at radius 1 is 1.00 bits per heavy atom. The van der Waals surface area contributed by atoms with Crippen molar-refractivity contribution in [3.8, 4) is 0 Å². The zero-order valence-corrected chi connectivity index (χ0v) is 12.4. The van der Waals surface area contributed by atoms with E-state index < -0.39 is 0 Å². The van der Waals surface area contributed by atoms with Crippen LogP contribution in [0.3, 0.4) is 0 Å². The van der Waals surface area contributed by atoms with E-state index in [0.717, 1.165) is 37.1 Å². The second-order valence-electron chi connectivity index (χ2n) is 6.13. The Morgan fingerprint density at radius 2 is 1.86 bits per heavy atom. The minimum atomic E-state index is 0.151. The molecule has 0 aromatic heterocycles. The van der Waals surface area contributed by atoms with Gasteiger partial charge in [-0.15, -0.1) is 0 Å². The normalized spacial score (nSPS) is 16.0. The second-order valence-corrected chi connectivity index (χ2v) is 6.13. The van der Waals surface area contributed by atoms with Gasteiger partial charge in [0.1, 0.15) is 0 Å². The number of fused-ring (bicyclic) bond motifs is 2. The summed E-state index contributed by atoms with van der Waals surface area (Å²) >= 11 is 0. The van der Waals surface area contributed by atoms with Crippen LogP contribution in [0, 0.1) is 6.92 Å². The van der Waals surface area contributed by atoms with Crippen molar-refractivity contribution in [2.24, 2.45) is 0 Å². The van der Waals surface area contributed by atoms with Crippen molar-refractivity contribution in [2.45, 2.75) is 32.6 Å². The molecular weight excluding hydrogens is 258 g/mol. The van der Waals surface area contributed by atoms with Crippen LogP contribution >= 0.6 is 0 Å². The fourth-order valence-electron chi connectivity index (χ4n) is 3.72. The summed E-state index contributed by atoms with van der Waals surface area (Å²) in [6.45, 7) is 2.89. The minimum absolute atomic E-state index is 0.151. The van der Waals surface area contributed by atoms with E-state index in [0.29, 0.717) is 0 Å². The molecule has 2 nitrogen and oxygen atoms in total. The predicted molar refractivity (Wildman–Crippen MR) is 85.0 cm³/mol. The molecule has 0 N–H and O–H groups in total. The third-order valence-corrected chi connectivity index (χ3v) is 4.79. The molecule has 1 amide bonds. The van der Waals surface area contributed by atoms with Gasteiger partial charge in [0.25, 0.3) is 5.91 Å². The maximum Gasteiger partial charge on any atom is 0.258 e. The van der Waals surface area contributed by atoms with Crippen LogP contribution in [0.5, 0.6) is 0 Å². The monoisotopic (exact) mass is 277 g/mol. The molecule has 0 saturated heterocycles. The van der Waals surface area contributed by atoms with E-state index in [9.17, 15) is 4.79 Å². The molecular formula is C19H19NO. The lowest BCUT2D eigenvalue weighted by molar-refractivity contribution is 0.0989. The molecule has 2 aromatic rings. The van der Waals surface area contributed by atoms with Crippen LogP contribution in [0.15, 0.2) is 36.4 Å². The van der Waals surface area contributed by atoms with Crippen LogP contribution < -0.4 is 4.90 Å². The molecule has 2 aliphatic rings. The first-order valence-corrected chi connectivity index (χ1v) is 7.76. The molecule has 21 heavy (non-hydrogen) atoms. The molecule has 0 unspecified atom stereocenters. The lowest BCUT2D eigenvalue weighted by Crippen LogP contribution is -2.29. The highest BCUT2D eigenvalue weighted by Crippen LogP contribution is 2.33. The molecule has 2 aromatic carbocycles. The summed E-state index contributed by atoms with van der Waals surface area (Å²) in [5.74, 6) is 0.151. The number of nitrogens with zero attached hydrogens (tertiary/aromatic N) is 1. The van der Waals surface area contributed by atoms with Crippen molar-refractivity contribution < 1.29 is 4.79 Å². The largest absolute Gasteiger partial charge is 0.307 e. The minimum Gasteiger partial charge on any atom is -0.307 e. The zero-order valence-electron chi connectivity index (χ0n) is 12.4. The number of benzene rings is 2. The molecule has 1 aliphatic carbocycles. The summed E-state index contributed by atoms with van der Waals surface area (Å²) in [5, 5.41) is 0. The molecule has 4 rings (SSSR count). The van der Waals surface area contributed by atoms with Crippen LogP contribution in [0.25, 0.3) is 0 Å².